The Labute approximate surface area is 151 Å². The normalized spacial score (nSPS) is 24.9. The molecule has 1 aromatic rings. The van der Waals surface area contributed by atoms with E-state index in [9.17, 15) is 19.8 Å². The second kappa shape index (κ2) is 6.17. The molecule has 1 aromatic carbocycles. The van der Waals surface area contributed by atoms with Crippen LogP contribution in [0.4, 0.5) is 0 Å². The van der Waals surface area contributed by atoms with E-state index < -0.39 is 17.5 Å². The number of aromatic hydroxyl groups is 1. The summed E-state index contributed by atoms with van der Waals surface area (Å²) in [5, 5.41) is 28.8. The summed E-state index contributed by atoms with van der Waals surface area (Å²) >= 11 is 0. The number of carboxylic acid groups (broad SMARTS) is 2. The van der Waals surface area contributed by atoms with Gasteiger partial charge in [-0.05, 0) is 23.9 Å². The Morgan fingerprint density at radius 1 is 1.42 bits per heavy atom. The lowest BCUT2D eigenvalue weighted by Crippen LogP contribution is -2.62. The van der Waals surface area contributed by atoms with Crippen molar-refractivity contribution in [3.8, 4) is 11.5 Å². The third-order valence-electron chi connectivity index (χ3n) is 5.26. The number of aliphatic carboxylic acids is 1. The number of hydrogen-bond acceptors (Lipinski definition) is 6. The number of phenols is 1. The highest BCUT2D eigenvalue weighted by Crippen LogP contribution is 2.47. The van der Waals surface area contributed by atoms with Crippen LogP contribution in [0.5, 0.6) is 11.5 Å². The minimum absolute atomic E-state index is 0.126. The highest BCUT2D eigenvalue weighted by molar-refractivity contribution is 6.54. The molecule has 0 saturated carbocycles. The van der Waals surface area contributed by atoms with Crippen LogP contribution < -0.4 is 10.5 Å². The van der Waals surface area contributed by atoms with E-state index in [1.54, 1.807) is 12.1 Å². The monoisotopic (exact) mass is 362 g/mol. The first-order chi connectivity index (χ1) is 12.0. The lowest BCUT2D eigenvalue weighted by molar-refractivity contribution is -0.144. The fourth-order valence-electron chi connectivity index (χ4n) is 3.26. The van der Waals surface area contributed by atoms with Crippen LogP contribution in [0.15, 0.2) is 12.1 Å². The molecule has 0 bridgehead atoms. The van der Waals surface area contributed by atoms with Crippen molar-refractivity contribution >= 4 is 19.2 Å². The molecule has 0 aromatic heterocycles. The quantitative estimate of drug-likeness (QED) is 0.500. The van der Waals surface area contributed by atoms with Crippen LogP contribution >= 0.6 is 0 Å². The van der Waals surface area contributed by atoms with E-state index in [-0.39, 0.29) is 35.0 Å². The molecule has 2 heterocycles. The highest BCUT2D eigenvalue weighted by atomic mass is 16.5. The molecule has 26 heavy (non-hydrogen) atoms. The lowest BCUT2D eigenvalue weighted by atomic mass is 9.81. The summed E-state index contributed by atoms with van der Waals surface area (Å²) in [7, 11) is 0.916. The van der Waals surface area contributed by atoms with Crippen LogP contribution in [0.25, 0.3) is 0 Å². The van der Waals surface area contributed by atoms with E-state index >= 15 is 0 Å². The average Bonchev–Trinajstić information content (AvgIpc) is 3.22. The van der Waals surface area contributed by atoms with Crippen molar-refractivity contribution in [1.29, 1.82) is 0 Å². The number of nitrogens with zero attached hydrogens (tertiary/aromatic N) is 1. The first-order valence-electron chi connectivity index (χ1n) is 8.54. The topological polar surface area (TPSA) is 133 Å². The van der Waals surface area contributed by atoms with Gasteiger partial charge in [-0.2, -0.15) is 0 Å². The van der Waals surface area contributed by atoms with Crippen LogP contribution in [0.3, 0.4) is 0 Å². The highest BCUT2D eigenvalue weighted by Gasteiger charge is 2.44. The molecule has 2 fully saturated rings. The van der Waals surface area contributed by atoms with Crippen LogP contribution in [-0.2, 0) is 10.1 Å². The van der Waals surface area contributed by atoms with E-state index in [0.29, 0.717) is 18.7 Å². The Bertz CT molecular complexity index is 756. The summed E-state index contributed by atoms with van der Waals surface area (Å²) in [6.45, 7) is 4.50. The molecule has 0 radical (unpaired) electrons. The van der Waals surface area contributed by atoms with Gasteiger partial charge in [-0.1, -0.05) is 19.3 Å². The maximum Gasteiger partial charge on any atom is 0.343 e. The molecule has 9 heteroatoms. The largest absolute Gasteiger partial charge is 0.507 e. The molecule has 5 N–H and O–H groups in total. The number of carbonyl (C=O) groups is 2. The number of carboxylic acids is 2. The zero-order chi connectivity index (χ0) is 19.3. The van der Waals surface area contributed by atoms with Gasteiger partial charge in [0.15, 0.2) is 0 Å². The summed E-state index contributed by atoms with van der Waals surface area (Å²) in [5.41, 5.74) is 4.79. The number of rotatable bonds is 7. The number of hydrogen-bond donors (Lipinski definition) is 4. The third kappa shape index (κ3) is 3.36. The Balaban J connectivity index is 1.69. The number of benzene rings is 1. The Hall–Kier alpha value is -2.26. The number of ether oxygens (including phenoxy) is 1. The average molecular weight is 362 g/mol. The van der Waals surface area contributed by atoms with Crippen LogP contribution in [-0.4, -0.2) is 70.7 Å². The van der Waals surface area contributed by atoms with E-state index in [1.807, 2.05) is 11.8 Å². The second-order valence-electron chi connectivity index (χ2n) is 7.86. The molecule has 3 rings (SSSR count). The fraction of sp³-hybridized carbons (Fsp3) is 0.529. The minimum atomic E-state index is -1.35. The second-order valence-corrected chi connectivity index (χ2v) is 7.86. The lowest BCUT2D eigenvalue weighted by Gasteiger charge is -2.41. The number of nitrogens with two attached hydrogens (primary N) is 1. The van der Waals surface area contributed by atoms with E-state index in [1.165, 1.54) is 6.92 Å². The van der Waals surface area contributed by atoms with Gasteiger partial charge in [0.05, 0.1) is 0 Å². The van der Waals surface area contributed by atoms with Crippen LogP contribution in [0.2, 0.25) is 6.32 Å². The van der Waals surface area contributed by atoms with Crippen molar-refractivity contribution in [2.45, 2.75) is 37.1 Å². The van der Waals surface area contributed by atoms with Gasteiger partial charge in [0.1, 0.15) is 36.0 Å². The first-order valence-corrected chi connectivity index (χ1v) is 8.54. The standard InChI is InChI=1S/C17H23BN2O6/c1-16(7-18-16)10-3-4-11(12(13(10)21)14(22)23)26-9-5-20(6-9)8-17(2,19)15(24)25/h3-4,9,18,21H,5-8,19H2,1-2H3,(H,22,23)(H,24,25)/t16-,17+/m1/s1. The predicted octanol–water partition coefficient (Wildman–Crippen LogP) is 0.0390. The minimum Gasteiger partial charge on any atom is -0.507 e. The number of aromatic carboxylic acids is 1. The van der Waals surface area contributed by atoms with Gasteiger partial charge in [-0.3, -0.25) is 9.69 Å². The van der Waals surface area contributed by atoms with Crippen molar-refractivity contribution in [2.75, 3.05) is 19.6 Å². The third-order valence-corrected chi connectivity index (χ3v) is 5.26. The van der Waals surface area contributed by atoms with Crippen LogP contribution in [0.1, 0.15) is 29.8 Å². The zero-order valence-corrected chi connectivity index (χ0v) is 14.9. The van der Waals surface area contributed by atoms with Gasteiger partial charge in [0.25, 0.3) is 0 Å². The van der Waals surface area contributed by atoms with Gasteiger partial charge in [-0.15, -0.1) is 0 Å². The Morgan fingerprint density at radius 2 is 2.04 bits per heavy atom. The van der Waals surface area contributed by atoms with Gasteiger partial charge >= 0.3 is 11.9 Å². The van der Waals surface area contributed by atoms with Gasteiger partial charge in [0, 0.05) is 19.6 Å². The van der Waals surface area contributed by atoms with Gasteiger partial charge in [-0.25, -0.2) is 4.79 Å². The molecular formula is C17H23BN2O6. The zero-order valence-electron chi connectivity index (χ0n) is 14.9. The summed E-state index contributed by atoms with van der Waals surface area (Å²) in [6.07, 6.45) is 0.637. The van der Waals surface area contributed by atoms with Gasteiger partial charge < -0.3 is 25.8 Å². The molecule has 0 unspecified atom stereocenters. The van der Waals surface area contributed by atoms with Crippen molar-refractivity contribution in [2.24, 2.45) is 5.73 Å². The maximum absolute atomic E-state index is 11.6. The molecule has 140 valence electrons. The van der Waals surface area contributed by atoms with Crippen molar-refractivity contribution in [3.05, 3.63) is 23.3 Å². The molecule has 0 spiro atoms. The summed E-state index contributed by atoms with van der Waals surface area (Å²) in [4.78, 5) is 24.5. The molecule has 0 amide bonds. The maximum atomic E-state index is 11.6. The van der Waals surface area contributed by atoms with E-state index in [0.717, 1.165) is 13.6 Å². The molecule has 2 aliphatic rings. The van der Waals surface area contributed by atoms with Crippen molar-refractivity contribution < 1.29 is 29.6 Å². The molecule has 0 aliphatic carbocycles. The van der Waals surface area contributed by atoms with E-state index in [4.69, 9.17) is 15.6 Å². The first kappa shape index (κ1) is 18.5. The molecule has 2 atom stereocenters. The summed E-state index contributed by atoms with van der Waals surface area (Å²) < 4.78 is 5.75. The predicted molar refractivity (Wildman–Crippen MR) is 95.5 cm³/mol. The summed E-state index contributed by atoms with van der Waals surface area (Å²) in [6, 6.07) is 3.32. The SMILES string of the molecule is C[C@](N)(CN1CC(Oc2ccc([C@]3(C)BC3)c(O)c2C(=O)O)C1)C(=O)O. The smallest absolute Gasteiger partial charge is 0.343 e. The molecule has 8 nitrogen and oxygen atoms in total. The molecular weight excluding hydrogens is 339 g/mol. The Kier molecular flexibility index (Phi) is 4.40. The molecule has 2 aliphatic heterocycles. The summed E-state index contributed by atoms with van der Waals surface area (Å²) in [5.74, 6) is -2.42. The van der Waals surface area contributed by atoms with Crippen molar-refractivity contribution in [1.82, 2.24) is 4.90 Å². The fourth-order valence-corrected chi connectivity index (χ4v) is 3.26. The van der Waals surface area contributed by atoms with Crippen LogP contribution in [0, 0.1) is 0 Å². The number of likely N-dealkylation sites (tertiary alicyclic amines) is 1. The molecule has 2 saturated heterocycles. The van der Waals surface area contributed by atoms with E-state index in [2.05, 4.69) is 0 Å². The Morgan fingerprint density at radius 3 is 2.54 bits per heavy atom. The van der Waals surface area contributed by atoms with Gasteiger partial charge in [0.2, 0.25) is 0 Å². The van der Waals surface area contributed by atoms with Crippen molar-refractivity contribution in [3.63, 3.8) is 0 Å².